The van der Waals surface area contributed by atoms with Crippen molar-refractivity contribution in [1.29, 1.82) is 0 Å². The van der Waals surface area contributed by atoms with Crippen molar-refractivity contribution >= 4 is 0 Å². The van der Waals surface area contributed by atoms with Crippen LogP contribution in [-0.2, 0) is 7.05 Å². The molecule has 86 valence electrons. The summed E-state index contributed by atoms with van der Waals surface area (Å²) in [5.74, 6) is 0. The molecule has 0 amide bonds. The highest BCUT2D eigenvalue weighted by Gasteiger charge is 2.10. The number of rotatable bonds is 6. The Kier molecular flexibility index (Phi) is 4.78. The summed E-state index contributed by atoms with van der Waals surface area (Å²) in [6.07, 6.45) is 3.41. The maximum atomic E-state index is 9.58. The van der Waals surface area contributed by atoms with Gasteiger partial charge in [0.05, 0.1) is 11.8 Å². The lowest BCUT2D eigenvalue weighted by atomic mass is 10.2. The molecule has 0 radical (unpaired) electrons. The van der Waals surface area contributed by atoms with Gasteiger partial charge in [0.1, 0.15) is 0 Å². The summed E-state index contributed by atoms with van der Waals surface area (Å²) in [5.41, 5.74) is 1.14. The van der Waals surface area contributed by atoms with E-state index in [2.05, 4.69) is 24.3 Å². The first-order valence-corrected chi connectivity index (χ1v) is 5.54. The molecule has 0 spiro atoms. The Morgan fingerprint density at radius 3 is 2.87 bits per heavy atom. The van der Waals surface area contributed by atoms with Crippen LogP contribution in [0.2, 0.25) is 0 Å². The van der Waals surface area contributed by atoms with E-state index < -0.39 is 0 Å². The van der Waals surface area contributed by atoms with Crippen LogP contribution in [0.3, 0.4) is 0 Å². The average Bonchev–Trinajstić information content (AvgIpc) is 2.61. The summed E-state index contributed by atoms with van der Waals surface area (Å²) in [7, 11) is 1.93. The number of aryl methyl sites for hydroxylation is 1. The van der Waals surface area contributed by atoms with Crippen molar-refractivity contribution in [2.24, 2.45) is 7.05 Å². The standard InChI is InChI=1S/C11H21N3O/c1-4-5-10(15)8-12-9(2)11-6-7-13-14(11)3/h6-7,9-10,12,15H,4-5,8H2,1-3H3. The minimum atomic E-state index is -0.245. The molecule has 0 fully saturated rings. The van der Waals surface area contributed by atoms with Gasteiger partial charge in [0, 0.05) is 25.8 Å². The first kappa shape index (κ1) is 12.2. The maximum absolute atomic E-state index is 9.58. The van der Waals surface area contributed by atoms with Crippen LogP contribution in [0.1, 0.15) is 38.4 Å². The molecule has 0 saturated carbocycles. The van der Waals surface area contributed by atoms with E-state index in [9.17, 15) is 5.11 Å². The quantitative estimate of drug-likeness (QED) is 0.744. The van der Waals surface area contributed by atoms with Crippen molar-refractivity contribution in [2.75, 3.05) is 6.54 Å². The highest BCUT2D eigenvalue weighted by molar-refractivity contribution is 5.05. The van der Waals surface area contributed by atoms with E-state index in [1.807, 2.05) is 17.8 Å². The van der Waals surface area contributed by atoms with Gasteiger partial charge in [-0.2, -0.15) is 5.10 Å². The van der Waals surface area contributed by atoms with Crippen LogP contribution in [-0.4, -0.2) is 27.5 Å². The van der Waals surface area contributed by atoms with Crippen molar-refractivity contribution in [3.8, 4) is 0 Å². The molecule has 0 aliphatic heterocycles. The van der Waals surface area contributed by atoms with Crippen molar-refractivity contribution < 1.29 is 5.11 Å². The Hall–Kier alpha value is -0.870. The number of aromatic nitrogens is 2. The zero-order valence-electron chi connectivity index (χ0n) is 9.77. The van der Waals surface area contributed by atoms with Gasteiger partial charge in [-0.05, 0) is 19.4 Å². The number of nitrogens with one attached hydrogen (secondary N) is 1. The Labute approximate surface area is 91.3 Å². The molecule has 1 aromatic heterocycles. The first-order valence-electron chi connectivity index (χ1n) is 5.54. The van der Waals surface area contributed by atoms with Crippen molar-refractivity contribution in [1.82, 2.24) is 15.1 Å². The predicted molar refractivity (Wildman–Crippen MR) is 60.5 cm³/mol. The lowest BCUT2D eigenvalue weighted by Crippen LogP contribution is -2.29. The molecule has 4 nitrogen and oxygen atoms in total. The molecule has 15 heavy (non-hydrogen) atoms. The number of aliphatic hydroxyl groups is 1. The third-order valence-corrected chi connectivity index (χ3v) is 2.58. The zero-order chi connectivity index (χ0) is 11.3. The number of aliphatic hydroxyl groups excluding tert-OH is 1. The number of hydrogen-bond acceptors (Lipinski definition) is 3. The minimum absolute atomic E-state index is 0.226. The molecule has 2 unspecified atom stereocenters. The molecule has 2 N–H and O–H groups in total. The van der Waals surface area contributed by atoms with Crippen LogP contribution >= 0.6 is 0 Å². The largest absolute Gasteiger partial charge is 0.392 e. The van der Waals surface area contributed by atoms with Gasteiger partial charge in [0.2, 0.25) is 0 Å². The Bertz CT molecular complexity index is 285. The summed E-state index contributed by atoms with van der Waals surface area (Å²) in [6.45, 7) is 4.80. The van der Waals surface area contributed by atoms with Gasteiger partial charge in [-0.3, -0.25) is 4.68 Å². The van der Waals surface area contributed by atoms with Gasteiger partial charge in [-0.1, -0.05) is 13.3 Å². The third kappa shape index (κ3) is 3.64. The molecule has 1 aromatic rings. The monoisotopic (exact) mass is 211 g/mol. The highest BCUT2D eigenvalue weighted by Crippen LogP contribution is 2.10. The predicted octanol–water partition coefficient (Wildman–Crippen LogP) is 1.23. The second kappa shape index (κ2) is 5.88. The van der Waals surface area contributed by atoms with Crippen LogP contribution in [0.25, 0.3) is 0 Å². The maximum Gasteiger partial charge on any atom is 0.0664 e. The van der Waals surface area contributed by atoms with Crippen LogP contribution in [0.15, 0.2) is 12.3 Å². The van der Waals surface area contributed by atoms with Gasteiger partial charge in [-0.25, -0.2) is 0 Å². The zero-order valence-corrected chi connectivity index (χ0v) is 9.77. The molecule has 1 rings (SSSR count). The number of nitrogens with zero attached hydrogens (tertiary/aromatic N) is 2. The number of hydrogen-bond donors (Lipinski definition) is 2. The molecular formula is C11H21N3O. The molecule has 2 atom stereocenters. The minimum Gasteiger partial charge on any atom is -0.392 e. The van der Waals surface area contributed by atoms with Gasteiger partial charge < -0.3 is 10.4 Å². The Morgan fingerprint density at radius 2 is 2.33 bits per heavy atom. The molecule has 1 heterocycles. The topological polar surface area (TPSA) is 50.1 Å². The van der Waals surface area contributed by atoms with E-state index in [1.165, 1.54) is 0 Å². The molecular weight excluding hydrogens is 190 g/mol. The third-order valence-electron chi connectivity index (χ3n) is 2.58. The summed E-state index contributed by atoms with van der Waals surface area (Å²) in [6, 6.07) is 2.22. The fourth-order valence-electron chi connectivity index (χ4n) is 1.66. The van der Waals surface area contributed by atoms with Crippen LogP contribution in [0, 0.1) is 0 Å². The van der Waals surface area contributed by atoms with Gasteiger partial charge >= 0.3 is 0 Å². The summed E-state index contributed by atoms with van der Waals surface area (Å²) in [5, 5.41) is 17.0. The van der Waals surface area contributed by atoms with Gasteiger partial charge in [0.15, 0.2) is 0 Å². The molecule has 0 saturated heterocycles. The molecule has 4 heteroatoms. The summed E-state index contributed by atoms with van der Waals surface area (Å²) in [4.78, 5) is 0. The summed E-state index contributed by atoms with van der Waals surface area (Å²) >= 11 is 0. The first-order chi connectivity index (χ1) is 7.15. The van der Waals surface area contributed by atoms with Crippen molar-refractivity contribution in [3.63, 3.8) is 0 Å². The lowest BCUT2D eigenvalue weighted by molar-refractivity contribution is 0.156. The van der Waals surface area contributed by atoms with E-state index in [4.69, 9.17) is 0 Å². The Balaban J connectivity index is 2.36. The van der Waals surface area contributed by atoms with Crippen LogP contribution < -0.4 is 5.32 Å². The molecule has 0 bridgehead atoms. The van der Waals surface area contributed by atoms with E-state index in [-0.39, 0.29) is 12.1 Å². The fourth-order valence-corrected chi connectivity index (χ4v) is 1.66. The van der Waals surface area contributed by atoms with Crippen molar-refractivity contribution in [2.45, 2.75) is 38.8 Å². The SMILES string of the molecule is CCCC(O)CNC(C)c1ccnn1C. The normalized spacial score (nSPS) is 15.2. The van der Waals surface area contributed by atoms with Gasteiger partial charge in [-0.15, -0.1) is 0 Å². The van der Waals surface area contributed by atoms with Crippen LogP contribution in [0.4, 0.5) is 0 Å². The fraction of sp³-hybridized carbons (Fsp3) is 0.727. The lowest BCUT2D eigenvalue weighted by Gasteiger charge is -2.16. The second-order valence-electron chi connectivity index (χ2n) is 3.95. The van der Waals surface area contributed by atoms with E-state index in [0.717, 1.165) is 18.5 Å². The Morgan fingerprint density at radius 1 is 1.60 bits per heavy atom. The summed E-state index contributed by atoms with van der Waals surface area (Å²) < 4.78 is 1.85. The van der Waals surface area contributed by atoms with E-state index in [1.54, 1.807) is 6.20 Å². The molecule has 0 aliphatic rings. The molecule has 0 aliphatic carbocycles. The highest BCUT2D eigenvalue weighted by atomic mass is 16.3. The average molecular weight is 211 g/mol. The van der Waals surface area contributed by atoms with Gasteiger partial charge in [0.25, 0.3) is 0 Å². The second-order valence-corrected chi connectivity index (χ2v) is 3.95. The van der Waals surface area contributed by atoms with E-state index in [0.29, 0.717) is 6.54 Å². The van der Waals surface area contributed by atoms with Crippen LogP contribution in [0.5, 0.6) is 0 Å². The van der Waals surface area contributed by atoms with Crippen molar-refractivity contribution in [3.05, 3.63) is 18.0 Å². The smallest absolute Gasteiger partial charge is 0.0664 e. The molecule has 0 aromatic carbocycles. The van der Waals surface area contributed by atoms with E-state index >= 15 is 0 Å².